The number of hydrogen-bond donors (Lipinski definition) is 3. The van der Waals surface area contributed by atoms with E-state index in [1.165, 1.54) is 19.3 Å². The van der Waals surface area contributed by atoms with Gasteiger partial charge in [-0.1, -0.05) is 19.8 Å². The van der Waals surface area contributed by atoms with Crippen molar-refractivity contribution >= 4 is 0 Å². The van der Waals surface area contributed by atoms with Gasteiger partial charge in [0.25, 0.3) is 0 Å². The van der Waals surface area contributed by atoms with Gasteiger partial charge in [0.2, 0.25) is 0 Å². The van der Waals surface area contributed by atoms with Crippen LogP contribution < -0.4 is 5.32 Å². The summed E-state index contributed by atoms with van der Waals surface area (Å²) in [5.41, 5.74) is 0. The highest BCUT2D eigenvalue weighted by atomic mass is 16.5. The summed E-state index contributed by atoms with van der Waals surface area (Å²) in [5, 5.41) is 22.8. The maximum absolute atomic E-state index is 10.0. The van der Waals surface area contributed by atoms with E-state index in [9.17, 15) is 10.2 Å². The molecule has 3 atom stereocenters. The third-order valence-corrected chi connectivity index (χ3v) is 5.16. The summed E-state index contributed by atoms with van der Waals surface area (Å²) >= 11 is 0. The summed E-state index contributed by atoms with van der Waals surface area (Å²) < 4.78 is 5.89. The van der Waals surface area contributed by atoms with Crippen LogP contribution in [0.4, 0.5) is 0 Å². The first-order valence-electron chi connectivity index (χ1n) is 8.83. The molecule has 0 radical (unpaired) electrons. The van der Waals surface area contributed by atoms with Crippen molar-refractivity contribution in [2.45, 2.75) is 76.6 Å². The molecule has 0 bridgehead atoms. The highest BCUT2D eigenvalue weighted by Gasteiger charge is 2.23. The first kappa shape index (κ1) is 17.2. The molecule has 0 aromatic heterocycles. The molecule has 2 rings (SSSR count). The minimum Gasteiger partial charge on any atom is -0.393 e. The summed E-state index contributed by atoms with van der Waals surface area (Å²) in [7, 11) is 0. The third kappa shape index (κ3) is 6.23. The molecule has 0 aromatic carbocycles. The molecule has 2 saturated carbocycles. The van der Waals surface area contributed by atoms with Crippen molar-refractivity contribution in [1.82, 2.24) is 5.32 Å². The molecule has 0 heterocycles. The van der Waals surface area contributed by atoms with E-state index in [4.69, 9.17) is 4.74 Å². The quantitative estimate of drug-likeness (QED) is 0.673. The molecule has 4 heteroatoms. The molecular formula is C17H33NO3. The molecule has 0 aromatic rings. The molecule has 0 aliphatic heterocycles. The maximum Gasteiger partial charge on any atom is 0.0897 e. The Hall–Kier alpha value is -0.160. The van der Waals surface area contributed by atoms with Gasteiger partial charge in [-0.25, -0.2) is 0 Å². The van der Waals surface area contributed by atoms with Crippen molar-refractivity contribution in [3.63, 3.8) is 0 Å². The molecule has 2 aliphatic rings. The SMILES string of the molecule is CC1CCCCC1OCC(O)CNCC1CCC(O)CC1. The van der Waals surface area contributed by atoms with Crippen LogP contribution in [0.5, 0.6) is 0 Å². The lowest BCUT2D eigenvalue weighted by molar-refractivity contribution is -0.0453. The van der Waals surface area contributed by atoms with Crippen LogP contribution in [0, 0.1) is 11.8 Å². The Balaban J connectivity index is 1.52. The predicted octanol–water partition coefficient (Wildman–Crippen LogP) is 2.08. The molecular weight excluding hydrogens is 266 g/mol. The minimum absolute atomic E-state index is 0.0854. The van der Waals surface area contributed by atoms with Crippen LogP contribution in [0.3, 0.4) is 0 Å². The molecule has 0 amide bonds. The first-order valence-corrected chi connectivity index (χ1v) is 8.83. The Bertz CT molecular complexity index is 279. The smallest absolute Gasteiger partial charge is 0.0897 e. The van der Waals surface area contributed by atoms with Crippen LogP contribution in [0.25, 0.3) is 0 Å². The number of nitrogens with one attached hydrogen (secondary N) is 1. The normalized spacial score (nSPS) is 35.6. The average molecular weight is 299 g/mol. The van der Waals surface area contributed by atoms with E-state index in [0.717, 1.165) is 38.6 Å². The Morgan fingerprint density at radius 1 is 1.10 bits per heavy atom. The maximum atomic E-state index is 10.0. The van der Waals surface area contributed by atoms with Gasteiger partial charge in [-0.15, -0.1) is 0 Å². The molecule has 0 saturated heterocycles. The number of ether oxygens (including phenoxy) is 1. The Morgan fingerprint density at radius 2 is 1.81 bits per heavy atom. The summed E-state index contributed by atoms with van der Waals surface area (Å²) in [4.78, 5) is 0. The standard InChI is InChI=1S/C17H33NO3/c1-13-4-2-3-5-17(13)21-12-16(20)11-18-10-14-6-8-15(19)9-7-14/h13-20H,2-12H2,1H3. The molecule has 124 valence electrons. The topological polar surface area (TPSA) is 61.7 Å². The zero-order chi connectivity index (χ0) is 15.1. The summed E-state index contributed by atoms with van der Waals surface area (Å²) in [6.07, 6.45) is 8.88. The summed E-state index contributed by atoms with van der Waals surface area (Å²) in [5.74, 6) is 1.28. The van der Waals surface area contributed by atoms with Gasteiger partial charge in [-0.05, 0) is 56.9 Å². The van der Waals surface area contributed by atoms with E-state index in [2.05, 4.69) is 12.2 Å². The van der Waals surface area contributed by atoms with Gasteiger partial charge in [0.15, 0.2) is 0 Å². The number of rotatable bonds is 7. The van der Waals surface area contributed by atoms with Crippen LogP contribution in [-0.2, 0) is 4.74 Å². The van der Waals surface area contributed by atoms with Crippen molar-refractivity contribution < 1.29 is 14.9 Å². The van der Waals surface area contributed by atoms with E-state index >= 15 is 0 Å². The van der Waals surface area contributed by atoms with Crippen molar-refractivity contribution in [3.8, 4) is 0 Å². The molecule has 21 heavy (non-hydrogen) atoms. The minimum atomic E-state index is -0.409. The van der Waals surface area contributed by atoms with E-state index in [0.29, 0.717) is 31.1 Å². The van der Waals surface area contributed by atoms with Crippen molar-refractivity contribution in [3.05, 3.63) is 0 Å². The van der Waals surface area contributed by atoms with Gasteiger partial charge in [-0.3, -0.25) is 0 Å². The Labute approximate surface area is 129 Å². The predicted molar refractivity (Wildman–Crippen MR) is 84.2 cm³/mol. The molecule has 4 nitrogen and oxygen atoms in total. The summed E-state index contributed by atoms with van der Waals surface area (Å²) in [6, 6.07) is 0. The van der Waals surface area contributed by atoms with Crippen LogP contribution in [0.15, 0.2) is 0 Å². The highest BCUT2D eigenvalue weighted by Crippen LogP contribution is 2.26. The molecule has 0 spiro atoms. The van der Waals surface area contributed by atoms with Gasteiger partial charge in [0, 0.05) is 6.54 Å². The van der Waals surface area contributed by atoms with Crippen molar-refractivity contribution in [2.75, 3.05) is 19.7 Å². The third-order valence-electron chi connectivity index (χ3n) is 5.16. The highest BCUT2D eigenvalue weighted by molar-refractivity contribution is 4.75. The fraction of sp³-hybridized carbons (Fsp3) is 1.00. The van der Waals surface area contributed by atoms with Crippen LogP contribution in [0.2, 0.25) is 0 Å². The molecule has 2 fully saturated rings. The molecule has 2 aliphatic carbocycles. The first-order chi connectivity index (χ1) is 10.1. The number of aliphatic hydroxyl groups is 2. The Morgan fingerprint density at radius 3 is 2.52 bits per heavy atom. The summed E-state index contributed by atoms with van der Waals surface area (Å²) in [6.45, 7) is 4.26. The lowest BCUT2D eigenvalue weighted by Gasteiger charge is -2.30. The Kier molecular flexibility index (Phi) is 7.44. The lowest BCUT2D eigenvalue weighted by atomic mass is 9.87. The van der Waals surface area contributed by atoms with E-state index < -0.39 is 6.10 Å². The van der Waals surface area contributed by atoms with E-state index in [1.54, 1.807) is 0 Å². The van der Waals surface area contributed by atoms with E-state index in [1.807, 2.05) is 0 Å². The number of aliphatic hydroxyl groups excluding tert-OH is 2. The van der Waals surface area contributed by atoms with Gasteiger partial charge in [-0.2, -0.15) is 0 Å². The van der Waals surface area contributed by atoms with Gasteiger partial charge < -0.3 is 20.3 Å². The zero-order valence-electron chi connectivity index (χ0n) is 13.5. The van der Waals surface area contributed by atoms with Gasteiger partial charge >= 0.3 is 0 Å². The second kappa shape index (κ2) is 9.09. The van der Waals surface area contributed by atoms with Gasteiger partial charge in [0.05, 0.1) is 24.9 Å². The van der Waals surface area contributed by atoms with Crippen LogP contribution in [0.1, 0.15) is 58.3 Å². The molecule has 3 N–H and O–H groups in total. The average Bonchev–Trinajstić information content (AvgIpc) is 2.48. The molecule has 3 unspecified atom stereocenters. The zero-order valence-corrected chi connectivity index (χ0v) is 13.5. The van der Waals surface area contributed by atoms with Gasteiger partial charge in [0.1, 0.15) is 0 Å². The fourth-order valence-electron chi connectivity index (χ4n) is 3.63. The van der Waals surface area contributed by atoms with Crippen molar-refractivity contribution in [2.24, 2.45) is 11.8 Å². The largest absolute Gasteiger partial charge is 0.393 e. The van der Waals surface area contributed by atoms with Crippen molar-refractivity contribution in [1.29, 1.82) is 0 Å². The monoisotopic (exact) mass is 299 g/mol. The van der Waals surface area contributed by atoms with E-state index in [-0.39, 0.29) is 6.10 Å². The lowest BCUT2D eigenvalue weighted by Crippen LogP contribution is -2.37. The van der Waals surface area contributed by atoms with Crippen LogP contribution in [-0.4, -0.2) is 48.2 Å². The number of hydrogen-bond acceptors (Lipinski definition) is 4. The second-order valence-electron chi connectivity index (χ2n) is 7.12. The fourth-order valence-corrected chi connectivity index (χ4v) is 3.63. The second-order valence-corrected chi connectivity index (χ2v) is 7.12. The van der Waals surface area contributed by atoms with Crippen LogP contribution >= 0.6 is 0 Å².